The van der Waals surface area contributed by atoms with E-state index in [2.05, 4.69) is 56.4 Å². The highest BCUT2D eigenvalue weighted by Crippen LogP contribution is 2.40. The van der Waals surface area contributed by atoms with Crippen LogP contribution in [0.25, 0.3) is 0 Å². The summed E-state index contributed by atoms with van der Waals surface area (Å²) in [5.41, 5.74) is 1.79. The van der Waals surface area contributed by atoms with Gasteiger partial charge in [0, 0.05) is 12.1 Å². The predicted octanol–water partition coefficient (Wildman–Crippen LogP) is 2.75. The van der Waals surface area contributed by atoms with Crippen molar-refractivity contribution >= 4 is 0 Å². The molecule has 0 bridgehead atoms. The van der Waals surface area contributed by atoms with Gasteiger partial charge in [-0.15, -0.1) is 0 Å². The highest BCUT2D eigenvalue weighted by molar-refractivity contribution is 5.27. The van der Waals surface area contributed by atoms with E-state index < -0.39 is 0 Å². The fraction of sp³-hybridized carbons (Fsp3) is 0.500. The van der Waals surface area contributed by atoms with Crippen LogP contribution in [0.15, 0.2) is 30.3 Å². The van der Waals surface area contributed by atoms with Gasteiger partial charge in [-0.3, -0.25) is 0 Å². The molecule has 0 spiro atoms. The highest BCUT2D eigenvalue weighted by Gasteiger charge is 2.45. The van der Waals surface area contributed by atoms with Crippen LogP contribution in [-0.4, -0.2) is 6.04 Å². The maximum Gasteiger partial charge on any atom is 0.0484 e. The van der Waals surface area contributed by atoms with Crippen LogP contribution in [0.2, 0.25) is 0 Å². The molecule has 1 aromatic carbocycles. The van der Waals surface area contributed by atoms with Gasteiger partial charge in [-0.05, 0) is 11.0 Å². The maximum absolute atomic E-state index is 3.52. The molecule has 13 heavy (non-hydrogen) atoms. The summed E-state index contributed by atoms with van der Waals surface area (Å²) in [5.74, 6) is 0. The minimum atomic E-state index is 0.376. The van der Waals surface area contributed by atoms with Gasteiger partial charge >= 0.3 is 0 Å². The van der Waals surface area contributed by atoms with Crippen molar-refractivity contribution in [1.82, 2.24) is 5.32 Å². The Kier molecular flexibility index (Phi) is 1.92. The van der Waals surface area contributed by atoms with Crippen molar-refractivity contribution in [1.29, 1.82) is 0 Å². The van der Waals surface area contributed by atoms with Crippen LogP contribution in [0.3, 0.4) is 0 Å². The predicted molar refractivity (Wildman–Crippen MR) is 55.6 cm³/mol. The van der Waals surface area contributed by atoms with Gasteiger partial charge in [0.2, 0.25) is 0 Å². The summed E-state index contributed by atoms with van der Waals surface area (Å²) >= 11 is 0. The van der Waals surface area contributed by atoms with Crippen molar-refractivity contribution in [2.45, 2.75) is 32.9 Å². The Balaban J connectivity index is 2.09. The third-order valence-electron chi connectivity index (χ3n) is 2.68. The number of hydrogen-bond donors (Lipinski definition) is 1. The van der Waals surface area contributed by atoms with Gasteiger partial charge < -0.3 is 5.32 Å². The van der Waals surface area contributed by atoms with Crippen LogP contribution in [0.4, 0.5) is 0 Å². The third-order valence-corrected chi connectivity index (χ3v) is 2.68. The van der Waals surface area contributed by atoms with E-state index in [1.807, 2.05) is 0 Å². The topological polar surface area (TPSA) is 21.9 Å². The molecule has 1 heteroatoms. The second-order valence-electron chi connectivity index (χ2n) is 4.90. The van der Waals surface area contributed by atoms with E-state index in [0.717, 1.165) is 0 Å². The molecule has 1 fully saturated rings. The smallest absolute Gasteiger partial charge is 0.0484 e. The van der Waals surface area contributed by atoms with E-state index in [-0.39, 0.29) is 0 Å². The minimum absolute atomic E-state index is 0.376. The quantitative estimate of drug-likeness (QED) is 0.651. The monoisotopic (exact) mass is 175 g/mol. The summed E-state index contributed by atoms with van der Waals surface area (Å²) < 4.78 is 0. The molecule has 1 saturated heterocycles. The van der Waals surface area contributed by atoms with Gasteiger partial charge in [0.15, 0.2) is 0 Å². The van der Waals surface area contributed by atoms with Gasteiger partial charge in [-0.25, -0.2) is 0 Å². The normalized spacial score (nSPS) is 27.3. The lowest BCUT2D eigenvalue weighted by Gasteiger charge is -2.16. The number of rotatable bonds is 1. The summed E-state index contributed by atoms with van der Waals surface area (Å²) in [6.45, 7) is 6.86. The highest BCUT2D eigenvalue weighted by atomic mass is 15.2. The summed E-state index contributed by atoms with van der Waals surface area (Å²) in [6.07, 6.45) is 0. The second kappa shape index (κ2) is 2.85. The van der Waals surface area contributed by atoms with Crippen LogP contribution >= 0.6 is 0 Å². The first-order valence-corrected chi connectivity index (χ1v) is 4.90. The van der Waals surface area contributed by atoms with E-state index >= 15 is 0 Å². The lowest BCUT2D eigenvalue weighted by Crippen LogP contribution is -2.16. The van der Waals surface area contributed by atoms with Crippen molar-refractivity contribution in [2.75, 3.05) is 0 Å². The molecule has 1 N–H and O–H groups in total. The van der Waals surface area contributed by atoms with Crippen LogP contribution in [0, 0.1) is 5.41 Å². The molecule has 2 atom stereocenters. The molecule has 1 aromatic rings. The summed E-state index contributed by atoms with van der Waals surface area (Å²) in [7, 11) is 0. The van der Waals surface area contributed by atoms with Gasteiger partial charge in [0.05, 0.1) is 0 Å². The van der Waals surface area contributed by atoms with Crippen LogP contribution in [-0.2, 0) is 0 Å². The van der Waals surface area contributed by atoms with Crippen molar-refractivity contribution in [3.8, 4) is 0 Å². The van der Waals surface area contributed by atoms with E-state index in [9.17, 15) is 0 Å². The summed E-state index contributed by atoms with van der Waals surface area (Å²) in [4.78, 5) is 0. The summed E-state index contributed by atoms with van der Waals surface area (Å²) in [6, 6.07) is 11.9. The fourth-order valence-electron chi connectivity index (χ4n) is 1.84. The zero-order valence-electron chi connectivity index (χ0n) is 8.54. The molecule has 1 heterocycles. The van der Waals surface area contributed by atoms with Crippen LogP contribution in [0.1, 0.15) is 32.4 Å². The average Bonchev–Trinajstić information content (AvgIpc) is 2.83. The van der Waals surface area contributed by atoms with E-state index in [0.29, 0.717) is 17.5 Å². The Labute approximate surface area is 80.2 Å². The third kappa shape index (κ3) is 1.75. The standard InChI is InChI=1S/C12H17N/c1-12(2,3)11-10(13-11)9-7-5-4-6-8-9/h4-8,10-11,13H,1-3H3/t10-,11+/m0/s1. The Hall–Kier alpha value is -0.820. The molecular weight excluding hydrogens is 158 g/mol. The Morgan fingerprint density at radius 1 is 1.08 bits per heavy atom. The van der Waals surface area contributed by atoms with Gasteiger partial charge in [0.1, 0.15) is 0 Å². The van der Waals surface area contributed by atoms with E-state index in [1.165, 1.54) is 5.56 Å². The molecule has 70 valence electrons. The molecule has 0 aromatic heterocycles. The molecular formula is C12H17N. The molecule has 0 unspecified atom stereocenters. The van der Waals surface area contributed by atoms with Crippen molar-refractivity contribution in [3.05, 3.63) is 35.9 Å². The Bertz CT molecular complexity index is 284. The fourth-order valence-corrected chi connectivity index (χ4v) is 1.84. The van der Waals surface area contributed by atoms with Crippen LogP contribution < -0.4 is 5.32 Å². The molecule has 0 saturated carbocycles. The molecule has 1 aliphatic rings. The van der Waals surface area contributed by atoms with Gasteiger partial charge in [0.25, 0.3) is 0 Å². The Morgan fingerprint density at radius 3 is 2.15 bits per heavy atom. The van der Waals surface area contributed by atoms with Gasteiger partial charge in [-0.2, -0.15) is 0 Å². The van der Waals surface area contributed by atoms with Crippen molar-refractivity contribution in [2.24, 2.45) is 5.41 Å². The van der Waals surface area contributed by atoms with E-state index in [1.54, 1.807) is 0 Å². The summed E-state index contributed by atoms with van der Waals surface area (Å²) in [5, 5.41) is 3.52. The first-order valence-electron chi connectivity index (χ1n) is 4.90. The molecule has 0 amide bonds. The Morgan fingerprint density at radius 2 is 1.69 bits per heavy atom. The number of benzene rings is 1. The number of hydrogen-bond acceptors (Lipinski definition) is 1. The maximum atomic E-state index is 3.52. The first-order chi connectivity index (χ1) is 6.09. The number of nitrogens with one attached hydrogen (secondary N) is 1. The zero-order chi connectivity index (χ0) is 9.47. The first kappa shape index (κ1) is 8.76. The second-order valence-corrected chi connectivity index (χ2v) is 4.90. The zero-order valence-corrected chi connectivity index (χ0v) is 8.54. The molecule has 1 aliphatic heterocycles. The van der Waals surface area contributed by atoms with E-state index in [4.69, 9.17) is 0 Å². The largest absolute Gasteiger partial charge is 0.303 e. The SMILES string of the molecule is CC(C)(C)[C@@H]1N[C@H]1c1ccccc1. The van der Waals surface area contributed by atoms with Gasteiger partial charge in [-0.1, -0.05) is 51.1 Å². The lowest BCUT2D eigenvalue weighted by molar-refractivity contribution is 0.395. The molecule has 1 nitrogen and oxygen atoms in total. The molecule has 0 aliphatic carbocycles. The average molecular weight is 175 g/mol. The molecule has 2 rings (SSSR count). The van der Waals surface area contributed by atoms with Crippen molar-refractivity contribution in [3.63, 3.8) is 0 Å². The molecule has 0 radical (unpaired) electrons. The lowest BCUT2D eigenvalue weighted by atomic mass is 9.88. The van der Waals surface area contributed by atoms with Crippen LogP contribution in [0.5, 0.6) is 0 Å². The van der Waals surface area contributed by atoms with Crippen molar-refractivity contribution < 1.29 is 0 Å². The minimum Gasteiger partial charge on any atom is -0.303 e.